The summed E-state index contributed by atoms with van der Waals surface area (Å²) >= 11 is 0. The Morgan fingerprint density at radius 2 is 1.35 bits per heavy atom. The van der Waals surface area contributed by atoms with Crippen LogP contribution in [-0.4, -0.2) is 108 Å². The zero-order valence-corrected chi connectivity index (χ0v) is 38.8. The number of aromatic amines is 1. The molecule has 1 aliphatic heterocycles. The zero-order chi connectivity index (χ0) is 47.0. The molecule has 0 aliphatic carbocycles. The first-order valence-corrected chi connectivity index (χ1v) is 23.8. The predicted octanol–water partition coefficient (Wildman–Crippen LogP) is 6.32. The minimum absolute atomic E-state index is 0.110. The molecule has 18 nitrogen and oxygen atoms in total. The molecular weight excluding hydrogens is 887 g/mol. The molecular formula is C46H49N9O9S2. The summed E-state index contributed by atoms with van der Waals surface area (Å²) in [5.41, 5.74) is 8.48. The van der Waals surface area contributed by atoms with Crippen LogP contribution in [0.1, 0.15) is 37.5 Å². The number of sulfonamides is 1. The summed E-state index contributed by atoms with van der Waals surface area (Å²) in [4.78, 5) is 14.5. The maximum Gasteiger partial charge on any atom is 0.410 e. The van der Waals surface area contributed by atoms with E-state index in [1.165, 1.54) is 40.4 Å². The molecule has 0 radical (unpaired) electrons. The third-order valence-corrected chi connectivity index (χ3v) is 15.2. The molecule has 1 fully saturated rings. The number of nitrogens with two attached hydrogens (primary N) is 1. The van der Waals surface area contributed by atoms with Crippen molar-refractivity contribution in [1.29, 1.82) is 0 Å². The number of anilines is 1. The van der Waals surface area contributed by atoms with Crippen molar-refractivity contribution in [2.45, 2.75) is 61.0 Å². The molecule has 66 heavy (non-hydrogen) atoms. The lowest BCUT2D eigenvalue weighted by Crippen LogP contribution is -2.57. The molecule has 0 spiro atoms. The van der Waals surface area contributed by atoms with Gasteiger partial charge in [0.15, 0.2) is 15.7 Å². The Hall–Kier alpha value is -7.03. The van der Waals surface area contributed by atoms with Crippen LogP contribution in [0.15, 0.2) is 113 Å². The highest BCUT2D eigenvalue weighted by atomic mass is 32.2. The smallest absolute Gasteiger partial charge is 0.410 e. The summed E-state index contributed by atoms with van der Waals surface area (Å²) < 4.78 is 85.2. The van der Waals surface area contributed by atoms with Gasteiger partial charge in [-0.15, -0.1) is 10.2 Å². The lowest BCUT2D eigenvalue weighted by atomic mass is 9.98. The standard InChI is InChI=1S/C46H49N9O9S2/c1-46(2,3)64-45(56)53-27-36(28-53)65(57,58)40-22-21-37(32-13-20-38-39(23-32)48-49-43(38)47)41(44-50-52-55(51-44)26-31-11-18-35(63-6)19-12-31)42(40)66(59,60)54(24-29-7-14-33(61-4)15-8-29)25-30-9-16-34(62-5)17-10-30/h7-23,36H,24-28H2,1-6H3,(H3,47,48,49). The molecule has 8 rings (SSSR count). The molecule has 0 unspecified atom stereocenters. The summed E-state index contributed by atoms with van der Waals surface area (Å²) in [7, 11) is -4.83. The van der Waals surface area contributed by atoms with Crippen LogP contribution in [0.25, 0.3) is 33.4 Å². The number of ether oxygens (including phenoxy) is 4. The first-order valence-electron chi connectivity index (χ1n) is 20.8. The number of rotatable bonds is 15. The molecule has 7 aromatic rings. The lowest BCUT2D eigenvalue weighted by Gasteiger charge is -2.39. The molecule has 2 aromatic heterocycles. The number of likely N-dealkylation sites (tertiary alicyclic amines) is 1. The van der Waals surface area contributed by atoms with Gasteiger partial charge in [-0.2, -0.15) is 14.2 Å². The van der Waals surface area contributed by atoms with Crippen molar-refractivity contribution in [3.63, 3.8) is 0 Å². The fraction of sp³-hybridized carbons (Fsp3) is 0.283. The minimum atomic E-state index is -4.90. The molecule has 3 heterocycles. The fourth-order valence-corrected chi connectivity index (χ4v) is 11.6. The SMILES string of the molecule is COc1ccc(CN(Cc2ccc(OC)cc2)S(=O)(=O)c2c(S(=O)(=O)C3CN(C(=O)OC(C)(C)C)C3)ccc(-c3ccc4c(N)n[nH]c4c3)c2-c2nnn(Cc3ccc(OC)cc3)n2)cc1. The Kier molecular flexibility index (Phi) is 12.5. The fourth-order valence-electron chi connectivity index (χ4n) is 7.53. The summed E-state index contributed by atoms with van der Waals surface area (Å²) in [5.74, 6) is 1.88. The number of hydrogen-bond donors (Lipinski definition) is 2. The van der Waals surface area contributed by atoms with Crippen LogP contribution in [0.4, 0.5) is 10.6 Å². The van der Waals surface area contributed by atoms with Gasteiger partial charge in [0.1, 0.15) is 33.0 Å². The number of aromatic nitrogens is 6. The van der Waals surface area contributed by atoms with Crippen molar-refractivity contribution in [3.05, 3.63) is 120 Å². The number of nitrogen functional groups attached to an aromatic ring is 1. The number of H-pyrrole nitrogens is 1. The molecule has 20 heteroatoms. The van der Waals surface area contributed by atoms with Crippen molar-refractivity contribution < 1.29 is 40.6 Å². The highest BCUT2D eigenvalue weighted by Crippen LogP contribution is 2.43. The molecule has 1 aliphatic rings. The van der Waals surface area contributed by atoms with Gasteiger partial charge in [-0.3, -0.25) is 5.10 Å². The Balaban J connectivity index is 1.35. The molecule has 5 aromatic carbocycles. The number of sulfone groups is 1. The molecule has 1 saturated heterocycles. The van der Waals surface area contributed by atoms with E-state index >= 15 is 16.8 Å². The second-order valence-corrected chi connectivity index (χ2v) is 20.8. The average Bonchev–Trinajstić information content (AvgIpc) is 3.90. The second kappa shape index (κ2) is 18.1. The zero-order valence-electron chi connectivity index (χ0n) is 37.1. The average molecular weight is 936 g/mol. The van der Waals surface area contributed by atoms with E-state index in [1.807, 2.05) is 12.1 Å². The van der Waals surface area contributed by atoms with Crippen molar-refractivity contribution in [1.82, 2.24) is 39.6 Å². The number of fused-ring (bicyclic) bond motifs is 1. The highest BCUT2D eigenvalue weighted by Gasteiger charge is 2.46. The number of carbonyl (C=O) groups excluding carboxylic acids is 1. The number of amides is 1. The number of tetrazole rings is 1. The molecule has 0 saturated carbocycles. The van der Waals surface area contributed by atoms with Gasteiger partial charge in [0, 0.05) is 31.6 Å². The van der Waals surface area contributed by atoms with Crippen LogP contribution in [-0.2, 0) is 44.2 Å². The molecule has 344 valence electrons. The predicted molar refractivity (Wildman–Crippen MR) is 246 cm³/mol. The van der Waals surface area contributed by atoms with Gasteiger partial charge in [0.2, 0.25) is 15.8 Å². The summed E-state index contributed by atoms with van der Waals surface area (Å²) in [5, 5.41) is 20.0. The Bertz CT molecular complexity index is 3060. The third-order valence-electron chi connectivity index (χ3n) is 11.1. The van der Waals surface area contributed by atoms with E-state index < -0.39 is 46.6 Å². The van der Waals surface area contributed by atoms with Gasteiger partial charge < -0.3 is 29.6 Å². The van der Waals surface area contributed by atoms with E-state index in [-0.39, 0.29) is 55.5 Å². The number of methoxy groups -OCH3 is 3. The maximum atomic E-state index is 16.1. The van der Waals surface area contributed by atoms with Crippen LogP contribution in [0, 0.1) is 0 Å². The van der Waals surface area contributed by atoms with Crippen LogP contribution in [0.2, 0.25) is 0 Å². The van der Waals surface area contributed by atoms with Gasteiger partial charge >= 0.3 is 6.09 Å². The van der Waals surface area contributed by atoms with Crippen molar-refractivity contribution in [2.75, 3.05) is 40.2 Å². The minimum Gasteiger partial charge on any atom is -0.497 e. The number of nitrogens with one attached hydrogen (secondary N) is 1. The van der Waals surface area contributed by atoms with E-state index in [4.69, 9.17) is 29.8 Å². The first kappa shape index (κ1) is 45.5. The molecule has 3 N–H and O–H groups in total. The van der Waals surface area contributed by atoms with Gasteiger partial charge in [-0.1, -0.05) is 48.5 Å². The monoisotopic (exact) mass is 935 g/mol. The van der Waals surface area contributed by atoms with Crippen LogP contribution in [0.5, 0.6) is 17.2 Å². The quantitative estimate of drug-likeness (QED) is 0.115. The first-order chi connectivity index (χ1) is 31.5. The van der Waals surface area contributed by atoms with E-state index in [2.05, 4.69) is 20.5 Å². The Morgan fingerprint density at radius 1 is 0.788 bits per heavy atom. The van der Waals surface area contributed by atoms with Crippen LogP contribution >= 0.6 is 0 Å². The highest BCUT2D eigenvalue weighted by molar-refractivity contribution is 7.94. The van der Waals surface area contributed by atoms with Gasteiger partial charge in [-0.05, 0) is 108 Å². The van der Waals surface area contributed by atoms with Crippen molar-refractivity contribution in [3.8, 4) is 39.8 Å². The second-order valence-electron chi connectivity index (χ2n) is 16.7. The van der Waals surface area contributed by atoms with Crippen LogP contribution < -0.4 is 19.9 Å². The molecule has 1 amide bonds. The van der Waals surface area contributed by atoms with E-state index in [0.29, 0.717) is 44.8 Å². The van der Waals surface area contributed by atoms with Gasteiger partial charge in [0.05, 0.1) is 43.8 Å². The van der Waals surface area contributed by atoms with E-state index in [0.717, 1.165) is 5.56 Å². The number of nitrogens with zero attached hydrogens (tertiary/aromatic N) is 7. The topological polar surface area (TPSA) is 227 Å². The third kappa shape index (κ3) is 9.38. The van der Waals surface area contributed by atoms with Crippen molar-refractivity contribution in [2.24, 2.45) is 0 Å². The summed E-state index contributed by atoms with van der Waals surface area (Å²) in [6, 6.07) is 29.1. The van der Waals surface area contributed by atoms with Gasteiger partial charge in [0.25, 0.3) is 0 Å². The molecule has 0 atom stereocenters. The van der Waals surface area contributed by atoms with Gasteiger partial charge in [-0.25, -0.2) is 21.6 Å². The maximum absolute atomic E-state index is 16.1. The van der Waals surface area contributed by atoms with E-state index in [9.17, 15) is 4.79 Å². The Labute approximate surface area is 382 Å². The number of carbonyl (C=O) groups is 1. The van der Waals surface area contributed by atoms with E-state index in [1.54, 1.807) is 107 Å². The van der Waals surface area contributed by atoms with Crippen molar-refractivity contribution >= 4 is 42.7 Å². The molecule has 0 bridgehead atoms. The normalized spacial score (nSPS) is 13.5. The lowest BCUT2D eigenvalue weighted by molar-refractivity contribution is 0.0139. The number of benzene rings is 5. The summed E-state index contributed by atoms with van der Waals surface area (Å²) in [6.45, 7) is 4.43. The number of hydrogen-bond acceptors (Lipinski definition) is 14. The van der Waals surface area contributed by atoms with Crippen LogP contribution in [0.3, 0.4) is 0 Å². The largest absolute Gasteiger partial charge is 0.497 e. The Morgan fingerprint density at radius 3 is 1.89 bits per heavy atom. The summed E-state index contributed by atoms with van der Waals surface area (Å²) in [6.07, 6.45) is -0.685.